The first kappa shape index (κ1) is 12.4. The van der Waals surface area contributed by atoms with Gasteiger partial charge in [0.15, 0.2) is 0 Å². The lowest BCUT2D eigenvalue weighted by Crippen LogP contribution is -2.42. The van der Waals surface area contributed by atoms with E-state index in [-0.39, 0.29) is 0 Å². The van der Waals surface area contributed by atoms with Crippen LogP contribution >= 0.6 is 0 Å². The normalized spacial score (nSPS) is 25.0. The Hall–Kier alpha value is -1.08. The maximum Gasteiger partial charge on any atom is 0.0245 e. The third-order valence-electron chi connectivity index (χ3n) is 4.14. The molecule has 0 aromatic heterocycles. The summed E-state index contributed by atoms with van der Waals surface area (Å²) in [5.41, 5.74) is 1.80. The second-order valence-electron chi connectivity index (χ2n) is 5.08. The summed E-state index contributed by atoms with van der Waals surface area (Å²) in [6.07, 6.45) is 7.09. The first-order valence-electron chi connectivity index (χ1n) is 6.70. The molecular formula is C16H23N. The van der Waals surface area contributed by atoms with Gasteiger partial charge in [0.2, 0.25) is 0 Å². The zero-order valence-corrected chi connectivity index (χ0v) is 10.9. The van der Waals surface area contributed by atoms with Crippen molar-refractivity contribution in [2.45, 2.75) is 44.7 Å². The van der Waals surface area contributed by atoms with Gasteiger partial charge in [-0.2, -0.15) is 0 Å². The van der Waals surface area contributed by atoms with Crippen molar-refractivity contribution < 1.29 is 0 Å². The van der Waals surface area contributed by atoms with Gasteiger partial charge in [0.25, 0.3) is 0 Å². The van der Waals surface area contributed by atoms with Crippen LogP contribution in [0.15, 0.2) is 43.0 Å². The van der Waals surface area contributed by atoms with E-state index < -0.39 is 0 Å². The molecule has 92 valence electrons. The van der Waals surface area contributed by atoms with E-state index in [4.69, 9.17) is 0 Å². The lowest BCUT2D eigenvalue weighted by Gasteiger charge is -2.37. The highest BCUT2D eigenvalue weighted by Gasteiger charge is 2.37. The molecule has 1 aliphatic heterocycles. The summed E-state index contributed by atoms with van der Waals surface area (Å²) < 4.78 is 0. The van der Waals surface area contributed by atoms with Crippen molar-refractivity contribution in [2.75, 3.05) is 6.54 Å². The van der Waals surface area contributed by atoms with Crippen LogP contribution in [0.4, 0.5) is 0 Å². The van der Waals surface area contributed by atoms with Crippen molar-refractivity contribution >= 4 is 0 Å². The third kappa shape index (κ3) is 2.61. The fourth-order valence-electron chi connectivity index (χ4n) is 3.09. The van der Waals surface area contributed by atoms with Crippen LogP contribution in [-0.4, -0.2) is 17.0 Å². The molecule has 1 fully saturated rings. The van der Waals surface area contributed by atoms with Gasteiger partial charge >= 0.3 is 0 Å². The molecule has 2 rings (SSSR count). The van der Waals surface area contributed by atoms with Gasteiger partial charge in [0.05, 0.1) is 0 Å². The Balaban J connectivity index is 2.11. The summed E-state index contributed by atoms with van der Waals surface area (Å²) in [7, 11) is 0. The summed E-state index contributed by atoms with van der Waals surface area (Å²) >= 11 is 0. The number of rotatable bonds is 5. The zero-order chi connectivity index (χ0) is 12.1. The Labute approximate surface area is 105 Å². The number of likely N-dealkylation sites (tertiary alicyclic amines) is 1. The molecule has 0 amide bonds. The van der Waals surface area contributed by atoms with Crippen LogP contribution in [0.3, 0.4) is 0 Å². The molecule has 0 radical (unpaired) electrons. The quantitative estimate of drug-likeness (QED) is 0.690. The average molecular weight is 229 g/mol. The second kappa shape index (κ2) is 5.50. The van der Waals surface area contributed by atoms with E-state index >= 15 is 0 Å². The van der Waals surface area contributed by atoms with Crippen LogP contribution in [-0.2, 0) is 6.54 Å². The predicted molar refractivity (Wildman–Crippen MR) is 73.9 cm³/mol. The van der Waals surface area contributed by atoms with E-state index in [1.807, 2.05) is 0 Å². The Morgan fingerprint density at radius 3 is 2.76 bits per heavy atom. The lowest BCUT2D eigenvalue weighted by molar-refractivity contribution is 0.126. The lowest BCUT2D eigenvalue weighted by atomic mass is 9.89. The molecule has 1 heteroatoms. The first-order valence-corrected chi connectivity index (χ1v) is 6.70. The molecule has 1 atom stereocenters. The van der Waals surface area contributed by atoms with E-state index in [9.17, 15) is 0 Å². The standard InChI is InChI=1S/C16H23N/c1-3-11-16(4-2)12-8-13-17(16)14-15-9-6-5-7-10-15/h3,5-7,9-10H,1,4,8,11-14H2,2H3. The summed E-state index contributed by atoms with van der Waals surface area (Å²) in [4.78, 5) is 2.66. The van der Waals surface area contributed by atoms with Crippen LogP contribution in [0.1, 0.15) is 38.2 Å². The van der Waals surface area contributed by atoms with Gasteiger partial charge in [-0.25, -0.2) is 0 Å². The molecule has 0 aliphatic carbocycles. The predicted octanol–water partition coefficient (Wildman–Crippen LogP) is 4.01. The van der Waals surface area contributed by atoms with Gasteiger partial charge in [0.1, 0.15) is 0 Å². The minimum Gasteiger partial charge on any atom is -0.293 e. The Morgan fingerprint density at radius 2 is 2.12 bits per heavy atom. The SMILES string of the molecule is C=CCC1(CC)CCCN1Cc1ccccc1. The molecule has 1 heterocycles. The minimum absolute atomic E-state index is 0.373. The number of benzene rings is 1. The molecule has 0 saturated carbocycles. The highest BCUT2D eigenvalue weighted by molar-refractivity contribution is 5.15. The van der Waals surface area contributed by atoms with Gasteiger partial charge < -0.3 is 0 Å². The summed E-state index contributed by atoms with van der Waals surface area (Å²) in [5, 5.41) is 0. The number of hydrogen-bond acceptors (Lipinski definition) is 1. The van der Waals surface area contributed by atoms with E-state index in [0.717, 1.165) is 13.0 Å². The van der Waals surface area contributed by atoms with Crippen molar-refractivity contribution in [3.8, 4) is 0 Å². The Kier molecular flexibility index (Phi) is 4.01. The van der Waals surface area contributed by atoms with Crippen molar-refractivity contribution in [1.82, 2.24) is 4.90 Å². The molecule has 17 heavy (non-hydrogen) atoms. The van der Waals surface area contributed by atoms with Crippen LogP contribution in [0.5, 0.6) is 0 Å². The molecule has 1 aromatic rings. The molecule has 0 spiro atoms. The molecule has 0 bridgehead atoms. The molecule has 1 aromatic carbocycles. The van der Waals surface area contributed by atoms with Crippen molar-refractivity contribution in [1.29, 1.82) is 0 Å². The molecular weight excluding hydrogens is 206 g/mol. The fraction of sp³-hybridized carbons (Fsp3) is 0.500. The largest absolute Gasteiger partial charge is 0.293 e. The molecule has 1 aliphatic rings. The minimum atomic E-state index is 0.373. The zero-order valence-electron chi connectivity index (χ0n) is 10.9. The maximum absolute atomic E-state index is 3.93. The van der Waals surface area contributed by atoms with Crippen LogP contribution in [0.25, 0.3) is 0 Å². The van der Waals surface area contributed by atoms with Gasteiger partial charge in [-0.1, -0.05) is 43.3 Å². The smallest absolute Gasteiger partial charge is 0.0245 e. The van der Waals surface area contributed by atoms with E-state index in [1.165, 1.54) is 31.4 Å². The third-order valence-corrected chi connectivity index (χ3v) is 4.14. The first-order chi connectivity index (χ1) is 8.30. The Morgan fingerprint density at radius 1 is 1.35 bits per heavy atom. The van der Waals surface area contributed by atoms with Crippen molar-refractivity contribution in [3.05, 3.63) is 48.6 Å². The molecule has 0 N–H and O–H groups in total. The van der Waals surface area contributed by atoms with E-state index in [0.29, 0.717) is 5.54 Å². The van der Waals surface area contributed by atoms with Crippen LogP contribution < -0.4 is 0 Å². The second-order valence-corrected chi connectivity index (χ2v) is 5.08. The topological polar surface area (TPSA) is 3.24 Å². The van der Waals surface area contributed by atoms with E-state index in [2.05, 4.69) is 54.8 Å². The van der Waals surface area contributed by atoms with Gasteiger partial charge in [-0.15, -0.1) is 6.58 Å². The summed E-state index contributed by atoms with van der Waals surface area (Å²) in [6, 6.07) is 10.8. The Bertz CT molecular complexity index is 357. The highest BCUT2D eigenvalue weighted by Crippen LogP contribution is 2.36. The van der Waals surface area contributed by atoms with Gasteiger partial charge in [-0.05, 0) is 37.8 Å². The van der Waals surface area contributed by atoms with E-state index in [1.54, 1.807) is 0 Å². The van der Waals surface area contributed by atoms with Crippen molar-refractivity contribution in [2.24, 2.45) is 0 Å². The fourth-order valence-corrected chi connectivity index (χ4v) is 3.09. The number of nitrogens with zero attached hydrogens (tertiary/aromatic N) is 1. The summed E-state index contributed by atoms with van der Waals surface area (Å²) in [6.45, 7) is 8.56. The molecule has 1 nitrogen and oxygen atoms in total. The van der Waals surface area contributed by atoms with Gasteiger partial charge in [-0.3, -0.25) is 4.90 Å². The summed E-state index contributed by atoms with van der Waals surface area (Å²) in [5.74, 6) is 0. The van der Waals surface area contributed by atoms with Crippen LogP contribution in [0.2, 0.25) is 0 Å². The maximum atomic E-state index is 3.93. The number of hydrogen-bond donors (Lipinski definition) is 0. The van der Waals surface area contributed by atoms with Gasteiger partial charge in [0, 0.05) is 12.1 Å². The van der Waals surface area contributed by atoms with Crippen LogP contribution in [0, 0.1) is 0 Å². The highest BCUT2D eigenvalue weighted by atomic mass is 15.2. The van der Waals surface area contributed by atoms with Crippen molar-refractivity contribution in [3.63, 3.8) is 0 Å². The molecule has 1 saturated heterocycles. The average Bonchev–Trinajstić information content (AvgIpc) is 2.75. The monoisotopic (exact) mass is 229 g/mol. The molecule has 1 unspecified atom stereocenters.